The molecule has 0 saturated heterocycles. The lowest BCUT2D eigenvalue weighted by Gasteiger charge is -2.14. The van der Waals surface area contributed by atoms with Gasteiger partial charge < -0.3 is 9.30 Å². The Labute approximate surface area is 137 Å². The summed E-state index contributed by atoms with van der Waals surface area (Å²) >= 11 is 0. The zero-order valence-corrected chi connectivity index (χ0v) is 13.9. The van der Waals surface area contributed by atoms with E-state index in [4.69, 9.17) is 9.84 Å². The van der Waals surface area contributed by atoms with Crippen LogP contribution in [0, 0.1) is 6.33 Å². The molecule has 23 heavy (non-hydrogen) atoms. The molecule has 0 aliphatic rings. The molecule has 0 aliphatic heterocycles. The first-order chi connectivity index (χ1) is 11.0. The molecule has 0 N–H and O–H groups in total. The van der Waals surface area contributed by atoms with Crippen molar-refractivity contribution >= 4 is 0 Å². The Kier molecular flexibility index (Phi) is 3.90. The largest absolute Gasteiger partial charge is 0.505 e. The molecule has 3 rings (SSSR count). The highest BCUT2D eigenvalue weighted by Gasteiger charge is 2.22. The van der Waals surface area contributed by atoms with E-state index >= 15 is 0 Å². The average molecular weight is 307 g/mol. The topological polar surface area (TPSA) is 30.9 Å². The molecular formula is C19H21N3O. The molecule has 0 saturated carbocycles. The first-order valence-electron chi connectivity index (χ1n) is 7.64. The molecule has 1 aromatic heterocycles. The molecule has 0 unspecified atom stereocenters. The second-order valence-corrected chi connectivity index (χ2v) is 6.38. The highest BCUT2D eigenvalue weighted by molar-refractivity contribution is 5.59. The van der Waals surface area contributed by atoms with Crippen LogP contribution < -0.4 is 9.42 Å². The molecule has 0 fully saturated rings. The number of aromatic nitrogens is 3. The first kappa shape index (κ1) is 15.3. The fourth-order valence-corrected chi connectivity index (χ4v) is 2.36. The summed E-state index contributed by atoms with van der Waals surface area (Å²) in [4.78, 5) is 0. The van der Waals surface area contributed by atoms with Crippen molar-refractivity contribution in [3.05, 3.63) is 60.9 Å². The standard InChI is InChI=1S/C19H21N3O/c1-19(2,3)22-14-21(16-12-8-9-13-17(16)23-4)18(20-22)15-10-6-5-7-11-15/h5-13H,1-4H3. The molecule has 2 aromatic carbocycles. The molecule has 0 aliphatic carbocycles. The Morgan fingerprint density at radius 2 is 1.65 bits per heavy atom. The van der Waals surface area contributed by atoms with Crippen molar-refractivity contribution in [2.24, 2.45) is 0 Å². The maximum absolute atomic E-state index is 5.51. The second kappa shape index (κ2) is 5.88. The predicted octanol–water partition coefficient (Wildman–Crippen LogP) is 3.39. The van der Waals surface area contributed by atoms with Crippen molar-refractivity contribution in [1.29, 1.82) is 0 Å². The van der Waals surface area contributed by atoms with Crippen molar-refractivity contribution < 1.29 is 9.42 Å². The summed E-state index contributed by atoms with van der Waals surface area (Å²) in [6.45, 7) is 6.33. The number of methoxy groups -OCH3 is 1. The number of rotatable bonds is 3. The minimum absolute atomic E-state index is 0.156. The molecule has 4 nitrogen and oxygen atoms in total. The number of hydrogen-bond acceptors (Lipinski definition) is 2. The van der Waals surface area contributed by atoms with Gasteiger partial charge in [0.15, 0.2) is 5.82 Å². The summed E-state index contributed by atoms with van der Waals surface area (Å²) in [7, 11) is 1.68. The van der Waals surface area contributed by atoms with Crippen LogP contribution >= 0.6 is 0 Å². The van der Waals surface area contributed by atoms with E-state index in [0.717, 1.165) is 22.8 Å². The van der Waals surface area contributed by atoms with Crippen molar-refractivity contribution in [1.82, 2.24) is 9.67 Å². The Balaban J connectivity index is 2.25. The van der Waals surface area contributed by atoms with E-state index < -0.39 is 0 Å². The van der Waals surface area contributed by atoms with Crippen LogP contribution in [0.3, 0.4) is 0 Å². The molecule has 0 spiro atoms. The summed E-state index contributed by atoms with van der Waals surface area (Å²) in [5, 5.41) is 4.77. The van der Waals surface area contributed by atoms with E-state index in [1.165, 1.54) is 0 Å². The average Bonchev–Trinajstić information content (AvgIpc) is 3.01. The normalized spacial score (nSPS) is 11.5. The van der Waals surface area contributed by atoms with Crippen molar-refractivity contribution in [2.45, 2.75) is 26.3 Å². The highest BCUT2D eigenvalue weighted by Crippen LogP contribution is 2.26. The van der Waals surface area contributed by atoms with Crippen LogP contribution in [0.5, 0.6) is 5.75 Å². The smallest absolute Gasteiger partial charge is 0.235 e. The third kappa shape index (κ3) is 2.97. The monoisotopic (exact) mass is 307 g/mol. The third-order valence-electron chi connectivity index (χ3n) is 3.59. The van der Waals surface area contributed by atoms with Gasteiger partial charge in [-0.15, -0.1) is 5.10 Å². The molecule has 0 atom stereocenters. The Morgan fingerprint density at radius 1 is 1.00 bits per heavy atom. The van der Waals surface area contributed by atoms with Gasteiger partial charge in [-0.2, -0.15) is 4.68 Å². The van der Waals surface area contributed by atoms with E-state index in [9.17, 15) is 0 Å². The van der Waals surface area contributed by atoms with Crippen LogP contribution in [0.2, 0.25) is 0 Å². The van der Waals surface area contributed by atoms with Crippen molar-refractivity contribution in [3.8, 4) is 22.8 Å². The summed E-state index contributed by atoms with van der Waals surface area (Å²) in [5.41, 5.74) is 1.80. The minimum atomic E-state index is -0.156. The van der Waals surface area contributed by atoms with Crippen LogP contribution in [0.4, 0.5) is 0 Å². The summed E-state index contributed by atoms with van der Waals surface area (Å²) in [6, 6.07) is 18.0. The quantitative estimate of drug-likeness (QED) is 0.548. The Bertz CT molecular complexity index is 801. The van der Waals surface area contributed by atoms with E-state index in [-0.39, 0.29) is 5.54 Å². The fourth-order valence-electron chi connectivity index (χ4n) is 2.36. The van der Waals surface area contributed by atoms with Crippen molar-refractivity contribution in [3.63, 3.8) is 0 Å². The maximum Gasteiger partial charge on any atom is 0.235 e. The number of benzene rings is 2. The van der Waals surface area contributed by atoms with Crippen LogP contribution in [-0.2, 0) is 5.54 Å². The lowest BCUT2D eigenvalue weighted by atomic mass is 10.1. The summed E-state index contributed by atoms with van der Waals surface area (Å²) in [5.74, 6) is 1.63. The first-order valence-corrected chi connectivity index (χ1v) is 7.64. The lowest BCUT2D eigenvalue weighted by molar-refractivity contribution is -0.807. The zero-order chi connectivity index (χ0) is 16.4. The lowest BCUT2D eigenvalue weighted by Crippen LogP contribution is -2.51. The van der Waals surface area contributed by atoms with E-state index in [1.807, 2.05) is 51.7 Å². The van der Waals surface area contributed by atoms with E-state index in [2.05, 4.69) is 39.2 Å². The van der Waals surface area contributed by atoms with Gasteiger partial charge in [-0.25, -0.2) is 0 Å². The maximum atomic E-state index is 5.51. The molecule has 0 bridgehead atoms. The van der Waals surface area contributed by atoms with E-state index in [0.29, 0.717) is 0 Å². The zero-order valence-electron chi connectivity index (χ0n) is 13.9. The van der Waals surface area contributed by atoms with Crippen molar-refractivity contribution in [2.75, 3.05) is 7.11 Å². The Morgan fingerprint density at radius 3 is 2.30 bits per heavy atom. The van der Waals surface area contributed by atoms with Crippen LogP contribution in [0.1, 0.15) is 20.8 Å². The fraction of sp³-hybridized carbons (Fsp3) is 0.263. The molecule has 0 amide bonds. The number of hydrogen-bond donors (Lipinski definition) is 0. The van der Waals surface area contributed by atoms with Gasteiger partial charge in [0.25, 0.3) is 0 Å². The number of nitrogens with zero attached hydrogens (tertiary/aromatic N) is 3. The van der Waals surface area contributed by atoms with Gasteiger partial charge in [-0.05, 0) is 32.4 Å². The second-order valence-electron chi connectivity index (χ2n) is 6.38. The van der Waals surface area contributed by atoms with Crippen LogP contribution in [0.25, 0.3) is 17.1 Å². The summed E-state index contributed by atoms with van der Waals surface area (Å²) in [6.07, 6.45) is 3.35. The van der Waals surface area contributed by atoms with Gasteiger partial charge in [0.05, 0.1) is 12.8 Å². The van der Waals surface area contributed by atoms with Crippen LogP contribution in [0.15, 0.2) is 54.6 Å². The Hall–Kier alpha value is -2.62. The van der Waals surface area contributed by atoms with Gasteiger partial charge in [0.2, 0.25) is 6.33 Å². The SMILES string of the molecule is COc1ccccc1-n1[c-][n+](C(C)(C)C)nc1-c1ccccc1. The van der Waals surface area contributed by atoms with Gasteiger partial charge in [-0.3, -0.25) is 0 Å². The summed E-state index contributed by atoms with van der Waals surface area (Å²) < 4.78 is 9.33. The molecular weight excluding hydrogens is 286 g/mol. The number of para-hydroxylation sites is 2. The van der Waals surface area contributed by atoms with Gasteiger partial charge in [0, 0.05) is 0 Å². The van der Waals surface area contributed by atoms with Gasteiger partial charge in [-0.1, -0.05) is 48.5 Å². The third-order valence-corrected chi connectivity index (χ3v) is 3.59. The number of ether oxygens (including phenoxy) is 1. The van der Waals surface area contributed by atoms with Crippen LogP contribution in [-0.4, -0.2) is 16.8 Å². The molecule has 0 radical (unpaired) electrons. The molecule has 1 heterocycles. The highest BCUT2D eigenvalue weighted by atomic mass is 16.5. The predicted molar refractivity (Wildman–Crippen MR) is 89.6 cm³/mol. The van der Waals surface area contributed by atoms with Gasteiger partial charge in [0.1, 0.15) is 11.3 Å². The molecule has 3 aromatic rings. The van der Waals surface area contributed by atoms with E-state index in [1.54, 1.807) is 7.11 Å². The molecule has 118 valence electrons. The van der Waals surface area contributed by atoms with Gasteiger partial charge >= 0.3 is 0 Å². The minimum Gasteiger partial charge on any atom is -0.505 e. The molecule has 4 heteroatoms.